The van der Waals surface area contributed by atoms with Crippen LogP contribution in [0.25, 0.3) is 10.9 Å². The van der Waals surface area contributed by atoms with E-state index in [9.17, 15) is 0 Å². The molecule has 0 spiro atoms. The number of nitrogens with zero attached hydrogens (tertiary/aromatic N) is 1. The van der Waals surface area contributed by atoms with Crippen molar-refractivity contribution >= 4 is 16.6 Å². The van der Waals surface area contributed by atoms with Gasteiger partial charge in [0.15, 0.2) is 0 Å². The van der Waals surface area contributed by atoms with Gasteiger partial charge < -0.3 is 5.73 Å². The predicted octanol–water partition coefficient (Wildman–Crippen LogP) is 3.41. The second kappa shape index (κ2) is 4.49. The Bertz CT molecular complexity index is 675. The number of benzene rings is 2. The quantitative estimate of drug-likeness (QED) is 0.690. The Hall–Kier alpha value is -2.35. The molecule has 2 heteroatoms. The molecule has 88 valence electrons. The summed E-state index contributed by atoms with van der Waals surface area (Å²) in [6, 6.07) is 18.4. The van der Waals surface area contributed by atoms with Gasteiger partial charge in [-0.3, -0.25) is 4.98 Å². The molecule has 1 heterocycles. The molecule has 3 rings (SSSR count). The maximum Gasteiger partial charge on any atom is 0.0722 e. The van der Waals surface area contributed by atoms with Crippen LogP contribution in [-0.4, -0.2) is 4.98 Å². The van der Waals surface area contributed by atoms with Gasteiger partial charge in [0.1, 0.15) is 0 Å². The van der Waals surface area contributed by atoms with Gasteiger partial charge in [-0.15, -0.1) is 0 Å². The number of hydrogen-bond acceptors (Lipinski definition) is 2. The zero-order chi connectivity index (χ0) is 12.4. The number of nitrogen functional groups attached to an aromatic ring is 1. The first-order valence-electron chi connectivity index (χ1n) is 6.00. The monoisotopic (exact) mass is 234 g/mol. The number of hydrogen-bond donors (Lipinski definition) is 1. The second-order valence-electron chi connectivity index (χ2n) is 4.37. The van der Waals surface area contributed by atoms with E-state index in [-0.39, 0.29) is 0 Å². The van der Waals surface area contributed by atoms with E-state index in [2.05, 4.69) is 23.2 Å². The Balaban J connectivity index is 2.05. The van der Waals surface area contributed by atoms with Crippen molar-refractivity contribution in [2.75, 3.05) is 5.73 Å². The summed E-state index contributed by atoms with van der Waals surface area (Å²) in [7, 11) is 0. The molecule has 2 N–H and O–H groups in total. The van der Waals surface area contributed by atoms with Crippen LogP contribution in [0.15, 0.2) is 60.8 Å². The van der Waals surface area contributed by atoms with E-state index in [0.717, 1.165) is 28.6 Å². The first-order valence-corrected chi connectivity index (χ1v) is 6.00. The number of aromatic nitrogens is 1. The fraction of sp³-hybridized carbons (Fsp3) is 0.0625. The number of pyridine rings is 1. The van der Waals surface area contributed by atoms with Crippen LogP contribution < -0.4 is 5.73 Å². The summed E-state index contributed by atoms with van der Waals surface area (Å²) in [5.41, 5.74) is 10.4. The van der Waals surface area contributed by atoms with E-state index in [1.165, 1.54) is 5.56 Å². The van der Waals surface area contributed by atoms with Crippen LogP contribution >= 0.6 is 0 Å². The van der Waals surface area contributed by atoms with E-state index >= 15 is 0 Å². The van der Waals surface area contributed by atoms with Crippen molar-refractivity contribution in [3.63, 3.8) is 0 Å². The SMILES string of the molecule is Nc1c(Cc2ccccc2)ccc2ncccc12. The molecule has 0 amide bonds. The topological polar surface area (TPSA) is 38.9 Å². The molecule has 18 heavy (non-hydrogen) atoms. The highest BCUT2D eigenvalue weighted by atomic mass is 14.7. The predicted molar refractivity (Wildman–Crippen MR) is 75.4 cm³/mol. The molecule has 0 unspecified atom stereocenters. The molecule has 2 nitrogen and oxygen atoms in total. The summed E-state index contributed by atoms with van der Waals surface area (Å²) >= 11 is 0. The maximum atomic E-state index is 6.23. The van der Waals surface area contributed by atoms with Gasteiger partial charge in [-0.2, -0.15) is 0 Å². The highest BCUT2D eigenvalue weighted by molar-refractivity contribution is 5.91. The third-order valence-corrected chi connectivity index (χ3v) is 3.15. The van der Waals surface area contributed by atoms with E-state index in [4.69, 9.17) is 5.73 Å². The van der Waals surface area contributed by atoms with Gasteiger partial charge in [-0.05, 0) is 35.7 Å². The summed E-state index contributed by atoms with van der Waals surface area (Å²) in [4.78, 5) is 4.31. The van der Waals surface area contributed by atoms with Crippen LogP contribution in [0.3, 0.4) is 0 Å². The van der Waals surface area contributed by atoms with Crippen molar-refractivity contribution < 1.29 is 0 Å². The van der Waals surface area contributed by atoms with Crippen molar-refractivity contribution in [2.24, 2.45) is 0 Å². The standard InChI is InChI=1S/C16H14N2/c17-16-13(11-12-5-2-1-3-6-12)8-9-15-14(16)7-4-10-18-15/h1-10H,11,17H2. The molecular formula is C16H14N2. The van der Waals surface area contributed by atoms with Crippen molar-refractivity contribution in [1.82, 2.24) is 4.98 Å². The maximum absolute atomic E-state index is 6.23. The number of rotatable bonds is 2. The molecule has 0 aliphatic heterocycles. The first kappa shape index (κ1) is 10.8. The number of fused-ring (bicyclic) bond motifs is 1. The van der Waals surface area contributed by atoms with E-state index in [1.807, 2.05) is 36.4 Å². The van der Waals surface area contributed by atoms with Crippen molar-refractivity contribution in [1.29, 1.82) is 0 Å². The van der Waals surface area contributed by atoms with Crippen LogP contribution in [-0.2, 0) is 6.42 Å². The molecule has 0 bridgehead atoms. The normalized spacial score (nSPS) is 10.7. The van der Waals surface area contributed by atoms with Crippen LogP contribution in [0.4, 0.5) is 5.69 Å². The molecular weight excluding hydrogens is 220 g/mol. The van der Waals surface area contributed by atoms with Gasteiger partial charge in [0.2, 0.25) is 0 Å². The molecule has 0 aliphatic rings. The fourth-order valence-electron chi connectivity index (χ4n) is 2.19. The fourth-order valence-corrected chi connectivity index (χ4v) is 2.19. The van der Waals surface area contributed by atoms with E-state index in [1.54, 1.807) is 6.20 Å². The highest BCUT2D eigenvalue weighted by Crippen LogP contribution is 2.25. The molecule has 0 saturated heterocycles. The Morgan fingerprint density at radius 2 is 1.72 bits per heavy atom. The molecule has 3 aromatic rings. The lowest BCUT2D eigenvalue weighted by molar-refractivity contribution is 1.20. The molecule has 0 saturated carbocycles. The third-order valence-electron chi connectivity index (χ3n) is 3.15. The van der Waals surface area contributed by atoms with Crippen molar-refractivity contribution in [2.45, 2.75) is 6.42 Å². The van der Waals surface area contributed by atoms with Gasteiger partial charge in [-0.25, -0.2) is 0 Å². The van der Waals surface area contributed by atoms with E-state index in [0.29, 0.717) is 0 Å². The van der Waals surface area contributed by atoms with Gasteiger partial charge in [0.25, 0.3) is 0 Å². The Labute approximate surface area is 106 Å². The zero-order valence-corrected chi connectivity index (χ0v) is 10.0. The molecule has 1 aromatic heterocycles. The van der Waals surface area contributed by atoms with Crippen molar-refractivity contribution in [3.8, 4) is 0 Å². The van der Waals surface area contributed by atoms with Gasteiger partial charge in [0.05, 0.1) is 5.52 Å². The molecule has 0 fully saturated rings. The molecule has 0 atom stereocenters. The van der Waals surface area contributed by atoms with Crippen molar-refractivity contribution in [3.05, 3.63) is 71.9 Å². The Kier molecular flexibility index (Phi) is 2.69. The van der Waals surface area contributed by atoms with Crippen LogP contribution in [0.1, 0.15) is 11.1 Å². The van der Waals surface area contributed by atoms with Crippen LogP contribution in [0.2, 0.25) is 0 Å². The smallest absolute Gasteiger partial charge is 0.0722 e. The lowest BCUT2D eigenvalue weighted by Crippen LogP contribution is -1.97. The summed E-state index contributed by atoms with van der Waals surface area (Å²) in [5.74, 6) is 0. The van der Waals surface area contributed by atoms with Crippen LogP contribution in [0, 0.1) is 0 Å². The molecule has 0 aliphatic carbocycles. The first-order chi connectivity index (χ1) is 8.84. The number of anilines is 1. The summed E-state index contributed by atoms with van der Waals surface area (Å²) < 4.78 is 0. The molecule has 0 radical (unpaired) electrons. The minimum atomic E-state index is 0.837. The minimum absolute atomic E-state index is 0.837. The van der Waals surface area contributed by atoms with Crippen LogP contribution in [0.5, 0.6) is 0 Å². The summed E-state index contributed by atoms with van der Waals surface area (Å²) in [6.07, 6.45) is 2.65. The average molecular weight is 234 g/mol. The highest BCUT2D eigenvalue weighted by Gasteiger charge is 2.05. The summed E-state index contributed by atoms with van der Waals surface area (Å²) in [6.45, 7) is 0. The lowest BCUT2D eigenvalue weighted by atomic mass is 10.0. The largest absolute Gasteiger partial charge is 0.398 e. The second-order valence-corrected chi connectivity index (χ2v) is 4.37. The average Bonchev–Trinajstić information content (AvgIpc) is 2.43. The van der Waals surface area contributed by atoms with Gasteiger partial charge >= 0.3 is 0 Å². The minimum Gasteiger partial charge on any atom is -0.398 e. The summed E-state index contributed by atoms with van der Waals surface area (Å²) in [5, 5.41) is 1.03. The zero-order valence-electron chi connectivity index (χ0n) is 10.0. The van der Waals surface area contributed by atoms with E-state index < -0.39 is 0 Å². The Morgan fingerprint density at radius 1 is 0.889 bits per heavy atom. The third kappa shape index (κ3) is 1.93. The lowest BCUT2D eigenvalue weighted by Gasteiger charge is -2.08. The Morgan fingerprint density at radius 3 is 2.56 bits per heavy atom. The van der Waals surface area contributed by atoms with Gasteiger partial charge in [0, 0.05) is 17.3 Å². The number of nitrogens with two attached hydrogens (primary N) is 1. The molecule has 2 aromatic carbocycles. The van der Waals surface area contributed by atoms with Gasteiger partial charge in [-0.1, -0.05) is 36.4 Å².